The van der Waals surface area contributed by atoms with E-state index >= 15 is 0 Å². The normalized spacial score (nSPS) is 12.5. The van der Waals surface area contributed by atoms with Gasteiger partial charge in [0, 0.05) is 10.9 Å². The first-order valence-electron chi connectivity index (χ1n) is 5.66. The molecule has 0 amide bonds. The summed E-state index contributed by atoms with van der Waals surface area (Å²) in [5, 5.41) is 0. The van der Waals surface area contributed by atoms with E-state index < -0.39 is 17.5 Å². The quantitative estimate of drug-likeness (QED) is 0.910. The van der Waals surface area contributed by atoms with Crippen LogP contribution in [0.1, 0.15) is 18.5 Å². The van der Waals surface area contributed by atoms with Gasteiger partial charge < -0.3 is 5.73 Å². The van der Waals surface area contributed by atoms with Crippen LogP contribution in [0.3, 0.4) is 0 Å². The molecule has 0 spiro atoms. The fraction of sp³-hybridized carbons (Fsp3) is 0.143. The van der Waals surface area contributed by atoms with Crippen molar-refractivity contribution in [2.45, 2.75) is 22.8 Å². The molecule has 0 aliphatic heterocycles. The molecule has 19 heavy (non-hydrogen) atoms. The number of benzene rings is 2. The zero-order chi connectivity index (χ0) is 14.0. The lowest BCUT2D eigenvalue weighted by Gasteiger charge is -2.13. The van der Waals surface area contributed by atoms with Crippen LogP contribution >= 0.6 is 11.8 Å². The second kappa shape index (κ2) is 5.67. The van der Waals surface area contributed by atoms with Crippen LogP contribution in [-0.2, 0) is 0 Å². The van der Waals surface area contributed by atoms with Crippen molar-refractivity contribution >= 4 is 11.8 Å². The molecule has 0 unspecified atom stereocenters. The maximum Gasteiger partial charge on any atom is 0.159 e. The van der Waals surface area contributed by atoms with Gasteiger partial charge in [0.15, 0.2) is 11.6 Å². The minimum Gasteiger partial charge on any atom is -0.324 e. The smallest absolute Gasteiger partial charge is 0.159 e. The summed E-state index contributed by atoms with van der Waals surface area (Å²) in [5.74, 6) is -2.31. The molecule has 1 nitrogen and oxygen atoms in total. The molecule has 2 rings (SSSR count). The number of hydrogen-bond acceptors (Lipinski definition) is 2. The summed E-state index contributed by atoms with van der Waals surface area (Å²) in [6.07, 6.45) is 0. The van der Waals surface area contributed by atoms with E-state index in [4.69, 9.17) is 5.73 Å². The molecular formula is C14H12F3NS. The average molecular weight is 283 g/mol. The molecule has 1 atom stereocenters. The van der Waals surface area contributed by atoms with Gasteiger partial charge in [0.1, 0.15) is 5.82 Å². The minimum atomic E-state index is -0.955. The largest absolute Gasteiger partial charge is 0.324 e. The van der Waals surface area contributed by atoms with Crippen LogP contribution in [0.2, 0.25) is 0 Å². The summed E-state index contributed by atoms with van der Waals surface area (Å²) in [6, 6.07) is 7.72. The molecule has 5 heteroatoms. The van der Waals surface area contributed by atoms with Crippen molar-refractivity contribution in [2.24, 2.45) is 5.73 Å². The fourth-order valence-electron chi connectivity index (χ4n) is 1.65. The summed E-state index contributed by atoms with van der Waals surface area (Å²) in [7, 11) is 0. The second-order valence-electron chi connectivity index (χ2n) is 4.12. The Labute approximate surface area is 113 Å². The number of hydrogen-bond donors (Lipinski definition) is 1. The lowest BCUT2D eigenvalue weighted by Crippen LogP contribution is -2.07. The van der Waals surface area contributed by atoms with E-state index in [1.54, 1.807) is 19.1 Å². The van der Waals surface area contributed by atoms with Crippen LogP contribution in [0.15, 0.2) is 46.2 Å². The number of halogens is 3. The van der Waals surface area contributed by atoms with Crippen molar-refractivity contribution in [1.29, 1.82) is 0 Å². The maximum absolute atomic E-state index is 13.8. The highest BCUT2D eigenvalue weighted by molar-refractivity contribution is 7.99. The Hall–Kier alpha value is -1.46. The molecule has 0 aromatic heterocycles. The van der Waals surface area contributed by atoms with Crippen LogP contribution in [0.4, 0.5) is 13.2 Å². The van der Waals surface area contributed by atoms with Gasteiger partial charge in [0.25, 0.3) is 0 Å². The van der Waals surface area contributed by atoms with Crippen molar-refractivity contribution in [3.63, 3.8) is 0 Å². The molecular weight excluding hydrogens is 271 g/mol. The molecule has 0 aliphatic carbocycles. The number of nitrogens with two attached hydrogens (primary N) is 1. The van der Waals surface area contributed by atoms with Gasteiger partial charge in [-0.1, -0.05) is 23.9 Å². The molecule has 2 N–H and O–H groups in total. The highest BCUT2D eigenvalue weighted by Gasteiger charge is 2.14. The monoisotopic (exact) mass is 283 g/mol. The van der Waals surface area contributed by atoms with E-state index in [2.05, 4.69) is 0 Å². The Balaban J connectivity index is 2.40. The summed E-state index contributed by atoms with van der Waals surface area (Å²) in [5.41, 5.74) is 6.41. The van der Waals surface area contributed by atoms with Gasteiger partial charge in [-0.15, -0.1) is 0 Å². The van der Waals surface area contributed by atoms with Gasteiger partial charge in [0.05, 0.1) is 4.90 Å². The molecule has 2 aromatic rings. The molecule has 0 fully saturated rings. The Bertz CT molecular complexity index is 599. The minimum absolute atomic E-state index is 0.337. The molecule has 0 radical (unpaired) electrons. The molecule has 0 saturated carbocycles. The molecule has 0 aliphatic rings. The topological polar surface area (TPSA) is 26.0 Å². The fourth-order valence-corrected chi connectivity index (χ4v) is 2.72. The van der Waals surface area contributed by atoms with Crippen LogP contribution in [-0.4, -0.2) is 0 Å². The van der Waals surface area contributed by atoms with E-state index in [9.17, 15) is 13.2 Å². The van der Waals surface area contributed by atoms with Gasteiger partial charge in [0.2, 0.25) is 0 Å². The standard InChI is InChI=1S/C14H12F3NS/c1-8(18)10-3-2-4-12(16)14(10)19-9-5-6-11(15)13(17)7-9/h2-8H,18H2,1H3/t8-/m0/s1. The Kier molecular flexibility index (Phi) is 4.17. The first-order chi connectivity index (χ1) is 8.99. The molecule has 0 bridgehead atoms. The zero-order valence-electron chi connectivity index (χ0n) is 10.2. The lowest BCUT2D eigenvalue weighted by atomic mass is 10.1. The predicted octanol–water partition coefficient (Wildman–Crippen LogP) is 4.27. The third kappa shape index (κ3) is 3.11. The second-order valence-corrected chi connectivity index (χ2v) is 5.21. The highest BCUT2D eigenvalue weighted by Crippen LogP contribution is 2.35. The summed E-state index contributed by atoms with van der Waals surface area (Å²) in [4.78, 5) is 0.759. The molecule has 100 valence electrons. The Morgan fingerprint density at radius 2 is 1.74 bits per heavy atom. The van der Waals surface area contributed by atoms with Crippen LogP contribution in [0, 0.1) is 17.5 Å². The van der Waals surface area contributed by atoms with E-state index in [1.165, 1.54) is 12.1 Å². The van der Waals surface area contributed by atoms with E-state index in [0.29, 0.717) is 15.4 Å². The Morgan fingerprint density at radius 1 is 1.00 bits per heavy atom. The summed E-state index contributed by atoms with van der Waals surface area (Å²) in [6.45, 7) is 1.74. The van der Waals surface area contributed by atoms with E-state index in [0.717, 1.165) is 23.9 Å². The van der Waals surface area contributed by atoms with Gasteiger partial charge in [-0.25, -0.2) is 13.2 Å². The van der Waals surface area contributed by atoms with Crippen molar-refractivity contribution in [3.05, 3.63) is 59.4 Å². The summed E-state index contributed by atoms with van der Waals surface area (Å²) < 4.78 is 39.8. The Morgan fingerprint density at radius 3 is 2.37 bits per heavy atom. The molecule has 2 aromatic carbocycles. The molecule has 0 saturated heterocycles. The van der Waals surface area contributed by atoms with Crippen molar-refractivity contribution in [2.75, 3.05) is 0 Å². The predicted molar refractivity (Wildman–Crippen MR) is 69.5 cm³/mol. The SMILES string of the molecule is C[C@H](N)c1cccc(F)c1Sc1ccc(F)c(F)c1. The van der Waals surface area contributed by atoms with Gasteiger partial charge in [-0.05, 0) is 36.8 Å². The first-order valence-corrected chi connectivity index (χ1v) is 6.47. The van der Waals surface area contributed by atoms with Crippen molar-refractivity contribution in [3.8, 4) is 0 Å². The highest BCUT2D eigenvalue weighted by atomic mass is 32.2. The van der Waals surface area contributed by atoms with Crippen LogP contribution in [0.5, 0.6) is 0 Å². The van der Waals surface area contributed by atoms with E-state index in [1.807, 2.05) is 0 Å². The van der Waals surface area contributed by atoms with Crippen LogP contribution in [0.25, 0.3) is 0 Å². The number of rotatable bonds is 3. The zero-order valence-corrected chi connectivity index (χ0v) is 11.0. The van der Waals surface area contributed by atoms with Crippen molar-refractivity contribution in [1.82, 2.24) is 0 Å². The van der Waals surface area contributed by atoms with Crippen molar-refractivity contribution < 1.29 is 13.2 Å². The maximum atomic E-state index is 13.8. The third-order valence-corrected chi connectivity index (χ3v) is 3.72. The van der Waals surface area contributed by atoms with E-state index in [-0.39, 0.29) is 6.04 Å². The van der Waals surface area contributed by atoms with Gasteiger partial charge in [-0.2, -0.15) is 0 Å². The van der Waals surface area contributed by atoms with Crippen LogP contribution < -0.4 is 5.73 Å². The van der Waals surface area contributed by atoms with Gasteiger partial charge >= 0.3 is 0 Å². The first kappa shape index (κ1) is 14.0. The lowest BCUT2D eigenvalue weighted by molar-refractivity contribution is 0.506. The summed E-state index contributed by atoms with van der Waals surface area (Å²) >= 11 is 1.03. The molecule has 0 heterocycles. The third-order valence-electron chi connectivity index (χ3n) is 2.60. The van der Waals surface area contributed by atoms with Gasteiger partial charge in [-0.3, -0.25) is 0 Å². The average Bonchev–Trinajstić information content (AvgIpc) is 2.36.